The Balaban J connectivity index is 2.32. The van der Waals surface area contributed by atoms with Gasteiger partial charge in [0.2, 0.25) is 0 Å². The molecule has 1 fully saturated rings. The van der Waals surface area contributed by atoms with Crippen LogP contribution in [0.5, 0.6) is 0 Å². The zero-order chi connectivity index (χ0) is 9.68. The van der Waals surface area contributed by atoms with Gasteiger partial charge in [0, 0.05) is 0 Å². The molecule has 1 aliphatic carbocycles. The molecular formula is C12H24O. The SMILES string of the molecule is CCC(CC)C[C@H]1CCCC[C@@H]1O. The summed E-state index contributed by atoms with van der Waals surface area (Å²) in [6.45, 7) is 4.53. The highest BCUT2D eigenvalue weighted by Crippen LogP contribution is 2.31. The van der Waals surface area contributed by atoms with Crippen molar-refractivity contribution in [2.75, 3.05) is 0 Å². The second kappa shape index (κ2) is 5.64. The van der Waals surface area contributed by atoms with Crippen LogP contribution in [-0.2, 0) is 0 Å². The van der Waals surface area contributed by atoms with E-state index in [0.29, 0.717) is 5.92 Å². The Labute approximate surface area is 82.5 Å². The van der Waals surface area contributed by atoms with Crippen molar-refractivity contribution in [2.45, 2.75) is 64.9 Å². The van der Waals surface area contributed by atoms with Crippen LogP contribution in [0.1, 0.15) is 58.8 Å². The Bertz CT molecular complexity index is 129. The first-order valence-electron chi connectivity index (χ1n) is 5.96. The van der Waals surface area contributed by atoms with Crippen LogP contribution in [0.2, 0.25) is 0 Å². The summed E-state index contributed by atoms with van der Waals surface area (Å²) in [5.41, 5.74) is 0. The Kier molecular flexibility index (Phi) is 4.79. The minimum absolute atomic E-state index is 0.00866. The average molecular weight is 184 g/mol. The van der Waals surface area contributed by atoms with Gasteiger partial charge in [0.05, 0.1) is 6.10 Å². The van der Waals surface area contributed by atoms with E-state index in [1.807, 2.05) is 0 Å². The van der Waals surface area contributed by atoms with Crippen molar-refractivity contribution in [3.05, 3.63) is 0 Å². The van der Waals surface area contributed by atoms with E-state index < -0.39 is 0 Å². The third-order valence-electron chi connectivity index (χ3n) is 3.66. The summed E-state index contributed by atoms with van der Waals surface area (Å²) in [6.07, 6.45) is 8.70. The number of aliphatic hydroxyl groups is 1. The zero-order valence-electron chi connectivity index (χ0n) is 9.13. The smallest absolute Gasteiger partial charge is 0.0568 e. The molecule has 1 rings (SSSR count). The molecule has 1 heteroatoms. The predicted molar refractivity (Wildman–Crippen MR) is 56.7 cm³/mol. The van der Waals surface area contributed by atoms with Gasteiger partial charge < -0.3 is 5.11 Å². The molecule has 1 aliphatic rings. The highest BCUT2D eigenvalue weighted by atomic mass is 16.3. The molecule has 78 valence electrons. The van der Waals surface area contributed by atoms with Crippen molar-refractivity contribution in [2.24, 2.45) is 11.8 Å². The van der Waals surface area contributed by atoms with Crippen molar-refractivity contribution < 1.29 is 5.11 Å². The Morgan fingerprint density at radius 3 is 2.31 bits per heavy atom. The third-order valence-corrected chi connectivity index (χ3v) is 3.66. The molecule has 0 amide bonds. The van der Waals surface area contributed by atoms with E-state index in [1.165, 1.54) is 38.5 Å². The molecular weight excluding hydrogens is 160 g/mol. The normalized spacial score (nSPS) is 29.5. The molecule has 0 saturated heterocycles. The maximum atomic E-state index is 9.81. The molecule has 0 spiro atoms. The minimum atomic E-state index is 0.00866. The lowest BCUT2D eigenvalue weighted by atomic mass is 9.79. The van der Waals surface area contributed by atoms with Crippen LogP contribution in [0.3, 0.4) is 0 Å². The number of hydrogen-bond acceptors (Lipinski definition) is 1. The number of rotatable bonds is 4. The first-order valence-corrected chi connectivity index (χ1v) is 5.96. The molecule has 0 radical (unpaired) electrons. The fourth-order valence-corrected chi connectivity index (χ4v) is 2.51. The van der Waals surface area contributed by atoms with E-state index in [-0.39, 0.29) is 6.10 Å². The lowest BCUT2D eigenvalue weighted by molar-refractivity contribution is 0.0552. The summed E-state index contributed by atoms with van der Waals surface area (Å²) >= 11 is 0. The molecule has 0 aliphatic heterocycles. The van der Waals surface area contributed by atoms with Crippen molar-refractivity contribution in [1.29, 1.82) is 0 Å². The van der Waals surface area contributed by atoms with Crippen molar-refractivity contribution in [3.8, 4) is 0 Å². The van der Waals surface area contributed by atoms with Crippen LogP contribution in [0.15, 0.2) is 0 Å². The van der Waals surface area contributed by atoms with E-state index in [2.05, 4.69) is 13.8 Å². The molecule has 1 saturated carbocycles. The zero-order valence-corrected chi connectivity index (χ0v) is 9.13. The van der Waals surface area contributed by atoms with Gasteiger partial charge in [-0.1, -0.05) is 39.5 Å². The topological polar surface area (TPSA) is 20.2 Å². The Morgan fingerprint density at radius 2 is 1.77 bits per heavy atom. The van der Waals surface area contributed by atoms with Crippen LogP contribution in [0.4, 0.5) is 0 Å². The van der Waals surface area contributed by atoms with Gasteiger partial charge in [0.1, 0.15) is 0 Å². The van der Waals surface area contributed by atoms with Crippen LogP contribution in [0, 0.1) is 11.8 Å². The number of aliphatic hydroxyl groups excluding tert-OH is 1. The van der Waals surface area contributed by atoms with Crippen molar-refractivity contribution in [3.63, 3.8) is 0 Å². The van der Waals surface area contributed by atoms with Gasteiger partial charge in [0.15, 0.2) is 0 Å². The van der Waals surface area contributed by atoms with Crippen LogP contribution in [-0.4, -0.2) is 11.2 Å². The van der Waals surface area contributed by atoms with Crippen LogP contribution < -0.4 is 0 Å². The highest BCUT2D eigenvalue weighted by Gasteiger charge is 2.24. The van der Waals surface area contributed by atoms with Crippen molar-refractivity contribution in [1.82, 2.24) is 0 Å². The summed E-state index contributed by atoms with van der Waals surface area (Å²) < 4.78 is 0. The monoisotopic (exact) mass is 184 g/mol. The third kappa shape index (κ3) is 3.30. The summed E-state index contributed by atoms with van der Waals surface area (Å²) in [7, 11) is 0. The lowest BCUT2D eigenvalue weighted by Gasteiger charge is -2.30. The molecule has 0 aromatic rings. The van der Waals surface area contributed by atoms with Gasteiger partial charge in [-0.15, -0.1) is 0 Å². The van der Waals surface area contributed by atoms with E-state index in [4.69, 9.17) is 0 Å². The van der Waals surface area contributed by atoms with Gasteiger partial charge in [-0.3, -0.25) is 0 Å². The summed E-state index contributed by atoms with van der Waals surface area (Å²) in [5.74, 6) is 1.45. The molecule has 0 unspecified atom stereocenters. The lowest BCUT2D eigenvalue weighted by Crippen LogP contribution is -2.26. The first kappa shape index (κ1) is 11.0. The first-order chi connectivity index (χ1) is 6.27. The van der Waals surface area contributed by atoms with E-state index in [9.17, 15) is 5.11 Å². The van der Waals surface area contributed by atoms with Gasteiger partial charge >= 0.3 is 0 Å². The second-order valence-electron chi connectivity index (χ2n) is 4.53. The Hall–Kier alpha value is -0.0400. The fourth-order valence-electron chi connectivity index (χ4n) is 2.51. The summed E-state index contributed by atoms with van der Waals surface area (Å²) in [5, 5.41) is 9.81. The molecule has 0 bridgehead atoms. The number of hydrogen-bond donors (Lipinski definition) is 1. The quantitative estimate of drug-likeness (QED) is 0.710. The molecule has 13 heavy (non-hydrogen) atoms. The largest absolute Gasteiger partial charge is 0.393 e. The predicted octanol–water partition coefficient (Wildman–Crippen LogP) is 3.36. The molecule has 1 N–H and O–H groups in total. The summed E-state index contributed by atoms with van der Waals surface area (Å²) in [4.78, 5) is 0. The fraction of sp³-hybridized carbons (Fsp3) is 1.00. The molecule has 1 nitrogen and oxygen atoms in total. The van der Waals surface area contributed by atoms with E-state index in [1.54, 1.807) is 0 Å². The summed E-state index contributed by atoms with van der Waals surface area (Å²) in [6, 6.07) is 0. The molecule has 0 heterocycles. The standard InChI is InChI=1S/C12H24O/c1-3-10(4-2)9-11-7-5-6-8-12(11)13/h10-13H,3-9H2,1-2H3/t11-,12+/m1/s1. The molecule has 0 aromatic heterocycles. The van der Waals surface area contributed by atoms with Gasteiger partial charge in [-0.2, -0.15) is 0 Å². The van der Waals surface area contributed by atoms with Gasteiger partial charge in [-0.05, 0) is 31.1 Å². The van der Waals surface area contributed by atoms with E-state index in [0.717, 1.165) is 12.3 Å². The van der Waals surface area contributed by atoms with Crippen molar-refractivity contribution >= 4 is 0 Å². The van der Waals surface area contributed by atoms with Gasteiger partial charge in [-0.25, -0.2) is 0 Å². The maximum Gasteiger partial charge on any atom is 0.0568 e. The average Bonchev–Trinajstić information content (AvgIpc) is 2.17. The maximum absolute atomic E-state index is 9.81. The molecule has 0 aromatic carbocycles. The van der Waals surface area contributed by atoms with E-state index >= 15 is 0 Å². The van der Waals surface area contributed by atoms with Crippen LogP contribution >= 0.6 is 0 Å². The Morgan fingerprint density at radius 1 is 1.15 bits per heavy atom. The highest BCUT2D eigenvalue weighted by molar-refractivity contribution is 4.76. The van der Waals surface area contributed by atoms with Crippen LogP contribution in [0.25, 0.3) is 0 Å². The van der Waals surface area contributed by atoms with Gasteiger partial charge in [0.25, 0.3) is 0 Å². The molecule has 2 atom stereocenters. The second-order valence-corrected chi connectivity index (χ2v) is 4.53. The minimum Gasteiger partial charge on any atom is -0.393 e.